The lowest BCUT2D eigenvalue weighted by Gasteiger charge is -1.81. The van der Waals surface area contributed by atoms with E-state index in [4.69, 9.17) is 1.41 Å². The second-order valence-corrected chi connectivity index (χ2v) is 1.86. The summed E-state index contributed by atoms with van der Waals surface area (Å²) in [5, 5.41) is 0. The highest BCUT2D eigenvalue weighted by Gasteiger charge is 1.88. The molecule has 0 saturated carbocycles. The molecule has 2 aromatic rings. The van der Waals surface area contributed by atoms with Crippen LogP contribution in [-0.2, 0) is 0 Å². The van der Waals surface area contributed by atoms with E-state index in [1.165, 1.54) is 11.3 Å². The zero-order valence-electron chi connectivity index (χ0n) is 5.78. The highest BCUT2D eigenvalue weighted by molar-refractivity contribution is 5.73. The average molecular weight is 119 g/mol. The van der Waals surface area contributed by atoms with Crippen LogP contribution in [0.5, 0.6) is 0 Å². The molecule has 1 N–H and O–H groups in total. The van der Waals surface area contributed by atoms with E-state index in [1.807, 2.05) is 24.3 Å². The van der Waals surface area contributed by atoms with Gasteiger partial charge in [0.2, 0.25) is 0 Å². The van der Waals surface area contributed by atoms with E-state index >= 15 is 0 Å². The Bertz CT molecular complexity index is 353. The highest BCUT2D eigenvalue weighted by atomic mass is 14.9. The minimum absolute atomic E-state index is 0.850. The van der Waals surface area contributed by atoms with E-state index in [2.05, 4.69) is 4.98 Å². The summed E-state index contributed by atoms with van der Waals surface area (Å²) in [6, 6.07) is 7.57. The minimum Gasteiger partial charge on any atom is -0.345 e. The van der Waals surface area contributed by atoms with Crippen LogP contribution >= 0.6 is 0 Å². The van der Waals surface area contributed by atoms with Gasteiger partial charge in [0, 0.05) is 0 Å². The Hall–Kier alpha value is -1.31. The maximum absolute atomic E-state index is 7.30. The molecule has 0 aliphatic heterocycles. The van der Waals surface area contributed by atoms with Gasteiger partial charge in [-0.3, -0.25) is 0 Å². The number of aromatic amines is 1. The van der Waals surface area contributed by atoms with Gasteiger partial charge in [-0.2, -0.15) is 0 Å². The van der Waals surface area contributed by atoms with E-state index in [1.54, 1.807) is 0 Å². The number of imidazole rings is 1. The number of nitrogens with zero attached hydrogens (tertiary/aromatic N) is 1. The van der Waals surface area contributed by atoms with Crippen molar-refractivity contribution in [2.24, 2.45) is 0 Å². The zero-order chi connectivity index (χ0) is 6.97. The van der Waals surface area contributed by atoms with Crippen molar-refractivity contribution in [3.05, 3.63) is 30.6 Å². The second kappa shape index (κ2) is 1.58. The van der Waals surface area contributed by atoms with Crippen LogP contribution in [0.1, 0.15) is 0 Å². The fourth-order valence-corrected chi connectivity index (χ4v) is 0.836. The zero-order valence-corrected chi connectivity index (χ0v) is 4.78. The Kier molecular flexibility index (Phi) is 0.646. The van der Waals surface area contributed by atoms with E-state index in [9.17, 15) is 0 Å². The van der Waals surface area contributed by atoms with Gasteiger partial charge in [0.1, 0.15) is 0 Å². The first-order valence-corrected chi connectivity index (χ1v) is 2.79. The Morgan fingerprint density at radius 2 is 2.33 bits per heavy atom. The molecule has 0 amide bonds. The Labute approximate surface area is 54.0 Å². The van der Waals surface area contributed by atoms with Crippen molar-refractivity contribution in [2.45, 2.75) is 0 Å². The quantitative estimate of drug-likeness (QED) is 0.560. The van der Waals surface area contributed by atoms with Crippen molar-refractivity contribution in [1.82, 2.24) is 9.96 Å². The summed E-state index contributed by atoms with van der Waals surface area (Å²) in [5.41, 5.74) is 1.72. The van der Waals surface area contributed by atoms with Crippen LogP contribution in [0.25, 0.3) is 11.0 Å². The SMILES string of the molecule is [2H]n1cnc2ccccc21. The summed E-state index contributed by atoms with van der Waals surface area (Å²) in [4.78, 5) is 5.25. The molecule has 0 unspecified atom stereocenters. The first-order valence-electron chi connectivity index (χ1n) is 3.24. The van der Waals surface area contributed by atoms with Gasteiger partial charge in [-0.1, -0.05) is 12.1 Å². The Morgan fingerprint density at radius 3 is 3.22 bits per heavy atom. The van der Waals surface area contributed by atoms with Crippen LogP contribution < -0.4 is 0 Å². The largest absolute Gasteiger partial charge is 0.345 e. The van der Waals surface area contributed by atoms with Crippen LogP contribution in [0.2, 0.25) is 1.41 Å². The fourth-order valence-electron chi connectivity index (χ4n) is 0.836. The Morgan fingerprint density at radius 1 is 1.44 bits per heavy atom. The lowest BCUT2D eigenvalue weighted by molar-refractivity contribution is 1.34. The monoisotopic (exact) mass is 119 g/mol. The van der Waals surface area contributed by atoms with Crippen LogP contribution in [-0.4, -0.2) is 9.96 Å². The molecule has 0 atom stereocenters. The molecule has 0 fully saturated rings. The van der Waals surface area contributed by atoms with Crippen LogP contribution in [0.15, 0.2) is 30.6 Å². The third kappa shape index (κ3) is 0.598. The molecule has 0 spiro atoms. The molecule has 2 nitrogen and oxygen atoms in total. The number of fused-ring (bicyclic) bond motifs is 1. The summed E-state index contributed by atoms with van der Waals surface area (Å²) in [6.45, 7) is 0. The molecule has 0 aliphatic rings. The van der Waals surface area contributed by atoms with Gasteiger partial charge in [0.15, 0.2) is 1.41 Å². The van der Waals surface area contributed by atoms with Gasteiger partial charge in [-0.15, -0.1) is 0 Å². The van der Waals surface area contributed by atoms with Gasteiger partial charge in [-0.05, 0) is 12.1 Å². The lowest BCUT2D eigenvalue weighted by Crippen LogP contribution is -1.63. The first-order chi connectivity index (χ1) is 4.88. The van der Waals surface area contributed by atoms with Gasteiger partial charge in [0.25, 0.3) is 0 Å². The predicted molar refractivity (Wildman–Crippen MR) is 36.1 cm³/mol. The molecule has 44 valence electrons. The van der Waals surface area contributed by atoms with Crippen molar-refractivity contribution in [2.75, 3.05) is 0 Å². The topological polar surface area (TPSA) is 28.7 Å². The smallest absolute Gasteiger partial charge is 0.168 e. The molecule has 1 aromatic carbocycles. The molecule has 2 rings (SSSR count). The van der Waals surface area contributed by atoms with E-state index in [-0.39, 0.29) is 0 Å². The third-order valence-corrected chi connectivity index (χ3v) is 1.28. The maximum atomic E-state index is 7.30. The summed E-state index contributed by atoms with van der Waals surface area (Å²) in [5.74, 6) is 0. The molecule has 0 aliphatic carbocycles. The van der Waals surface area contributed by atoms with E-state index < -0.39 is 0 Å². The van der Waals surface area contributed by atoms with Gasteiger partial charge >= 0.3 is 0 Å². The van der Waals surface area contributed by atoms with E-state index in [0.29, 0.717) is 0 Å². The molecule has 2 heteroatoms. The van der Waals surface area contributed by atoms with Gasteiger partial charge in [0.05, 0.1) is 17.4 Å². The van der Waals surface area contributed by atoms with Crippen molar-refractivity contribution < 1.29 is 1.41 Å². The molecule has 1 heterocycles. The maximum Gasteiger partial charge on any atom is 0.168 e. The average Bonchev–Trinajstić information content (AvgIpc) is 2.34. The van der Waals surface area contributed by atoms with Crippen molar-refractivity contribution in [3.8, 4) is 0 Å². The first kappa shape index (κ1) is 3.67. The van der Waals surface area contributed by atoms with Crippen LogP contribution in [0, 0.1) is 0 Å². The number of hydrogen-bond donors (Lipinski definition) is 1. The molecule has 9 heavy (non-hydrogen) atoms. The number of nitrogens with one attached hydrogen (secondary N) is 1. The number of aromatic nitrogens is 2. The third-order valence-electron chi connectivity index (χ3n) is 1.28. The number of benzene rings is 1. The Balaban J connectivity index is 2.93. The number of hydrogen-bond acceptors (Lipinski definition) is 1. The molecule has 0 bridgehead atoms. The number of H-pyrrole nitrogens is 1. The standard InChI is InChI=1S/C7H6N2/c1-2-4-7-6(3-1)8-5-9-7/h1-5H,(H,8,9)/i/hD. The number of para-hydroxylation sites is 2. The van der Waals surface area contributed by atoms with Crippen LogP contribution in [0.4, 0.5) is 0 Å². The molecule has 0 saturated heterocycles. The van der Waals surface area contributed by atoms with Crippen molar-refractivity contribution in [1.29, 1.82) is 0 Å². The lowest BCUT2D eigenvalue weighted by atomic mass is 10.3. The summed E-state index contributed by atoms with van der Waals surface area (Å²) >= 11 is 0. The normalized spacial score (nSPS) is 11.8. The van der Waals surface area contributed by atoms with Crippen molar-refractivity contribution in [3.63, 3.8) is 0 Å². The fraction of sp³-hybridized carbons (Fsp3) is 0. The van der Waals surface area contributed by atoms with E-state index in [0.717, 1.165) is 11.0 Å². The number of rotatable bonds is 0. The van der Waals surface area contributed by atoms with Crippen molar-refractivity contribution >= 4 is 11.0 Å². The highest BCUT2D eigenvalue weighted by Crippen LogP contribution is 2.05. The second-order valence-electron chi connectivity index (χ2n) is 1.86. The van der Waals surface area contributed by atoms with Gasteiger partial charge in [-0.25, -0.2) is 4.98 Å². The molecular formula is C7H6N2. The molecular weight excluding hydrogens is 112 g/mol. The molecule has 0 radical (unpaired) electrons. The summed E-state index contributed by atoms with van der Waals surface area (Å²) in [7, 11) is 0. The predicted octanol–water partition coefficient (Wildman–Crippen LogP) is 1.56. The summed E-state index contributed by atoms with van der Waals surface area (Å²) < 4.78 is 7.30. The summed E-state index contributed by atoms with van der Waals surface area (Å²) in [6.07, 6.45) is 1.49. The van der Waals surface area contributed by atoms with Gasteiger partial charge < -0.3 is 4.98 Å². The van der Waals surface area contributed by atoms with Crippen LogP contribution in [0.3, 0.4) is 0 Å². The molecule has 1 aromatic heterocycles. The minimum atomic E-state index is 0.850.